The van der Waals surface area contributed by atoms with E-state index in [1.54, 1.807) is 0 Å². The van der Waals surface area contributed by atoms with E-state index in [2.05, 4.69) is 5.32 Å². The maximum absolute atomic E-state index is 13.1. The van der Waals surface area contributed by atoms with Crippen molar-refractivity contribution in [3.05, 3.63) is 58.9 Å². The molecule has 1 aliphatic rings. The van der Waals surface area contributed by atoms with Gasteiger partial charge in [-0.15, -0.1) is 0 Å². The van der Waals surface area contributed by atoms with E-state index in [4.69, 9.17) is 16.3 Å². The largest absolute Gasteiger partial charge is 0.449 e. The fourth-order valence-corrected chi connectivity index (χ4v) is 4.68. The standard InChI is InChI=1S/C20H20ClFN2O5S/c1-13(19(25)23-18-9-6-15(22)12-17(18)21)29-20(26)14-4-7-16(8-5-14)30(27,28)24-10-2-3-11-24/h4-9,12-13H,2-3,10-11H2,1H3,(H,23,25)/t13-/m1/s1. The first-order valence-electron chi connectivity index (χ1n) is 9.25. The Kier molecular flexibility index (Phi) is 6.74. The third-order valence-electron chi connectivity index (χ3n) is 4.63. The number of amides is 1. The Morgan fingerprint density at radius 2 is 1.77 bits per heavy atom. The number of halogens is 2. The summed E-state index contributed by atoms with van der Waals surface area (Å²) in [6.07, 6.45) is 0.492. The van der Waals surface area contributed by atoms with Crippen molar-refractivity contribution in [1.82, 2.24) is 4.31 Å². The van der Waals surface area contributed by atoms with Gasteiger partial charge < -0.3 is 10.1 Å². The molecule has 1 N–H and O–H groups in total. The topological polar surface area (TPSA) is 92.8 Å². The predicted octanol–water partition coefficient (Wildman–Crippen LogP) is 3.45. The number of rotatable bonds is 6. The fourth-order valence-electron chi connectivity index (χ4n) is 2.95. The van der Waals surface area contributed by atoms with Gasteiger partial charge in [0.25, 0.3) is 5.91 Å². The van der Waals surface area contributed by atoms with Gasteiger partial charge in [-0.05, 0) is 62.2 Å². The van der Waals surface area contributed by atoms with Crippen LogP contribution in [0.25, 0.3) is 0 Å². The lowest BCUT2D eigenvalue weighted by Crippen LogP contribution is -2.30. The molecule has 0 spiro atoms. The molecule has 0 saturated carbocycles. The molecule has 1 heterocycles. The van der Waals surface area contributed by atoms with Crippen LogP contribution in [-0.2, 0) is 19.6 Å². The van der Waals surface area contributed by atoms with E-state index in [0.717, 1.165) is 25.0 Å². The Labute approximate surface area is 178 Å². The lowest BCUT2D eigenvalue weighted by atomic mass is 10.2. The molecule has 3 rings (SSSR count). The molecular formula is C20H20ClFN2O5S. The number of hydrogen-bond acceptors (Lipinski definition) is 5. The van der Waals surface area contributed by atoms with Crippen molar-refractivity contribution in [3.63, 3.8) is 0 Å². The summed E-state index contributed by atoms with van der Waals surface area (Å²) < 4.78 is 44.7. The number of ether oxygens (including phenoxy) is 1. The van der Waals surface area contributed by atoms with E-state index in [9.17, 15) is 22.4 Å². The van der Waals surface area contributed by atoms with Crippen LogP contribution in [-0.4, -0.2) is 43.8 Å². The van der Waals surface area contributed by atoms with Crippen molar-refractivity contribution < 1.29 is 27.1 Å². The van der Waals surface area contributed by atoms with Gasteiger partial charge in [-0.3, -0.25) is 4.79 Å². The van der Waals surface area contributed by atoms with Crippen LogP contribution in [0.1, 0.15) is 30.1 Å². The summed E-state index contributed by atoms with van der Waals surface area (Å²) in [5.74, 6) is -1.98. The van der Waals surface area contributed by atoms with E-state index < -0.39 is 33.8 Å². The van der Waals surface area contributed by atoms with Crippen molar-refractivity contribution >= 4 is 39.2 Å². The van der Waals surface area contributed by atoms with Crippen LogP contribution in [0.3, 0.4) is 0 Å². The number of sulfonamides is 1. The minimum absolute atomic E-state index is 0.0108. The highest BCUT2D eigenvalue weighted by Gasteiger charge is 2.27. The van der Waals surface area contributed by atoms with Gasteiger partial charge >= 0.3 is 5.97 Å². The lowest BCUT2D eigenvalue weighted by molar-refractivity contribution is -0.123. The molecule has 30 heavy (non-hydrogen) atoms. The smallest absolute Gasteiger partial charge is 0.338 e. The van der Waals surface area contributed by atoms with Crippen molar-refractivity contribution in [2.75, 3.05) is 18.4 Å². The van der Waals surface area contributed by atoms with Gasteiger partial charge in [0.05, 0.1) is 21.2 Å². The summed E-state index contributed by atoms with van der Waals surface area (Å²) in [7, 11) is -3.58. The van der Waals surface area contributed by atoms with Gasteiger partial charge in [0.2, 0.25) is 10.0 Å². The van der Waals surface area contributed by atoms with Crippen LogP contribution in [0, 0.1) is 5.82 Å². The van der Waals surface area contributed by atoms with Gasteiger partial charge in [-0.2, -0.15) is 4.31 Å². The molecule has 0 aromatic heterocycles. The zero-order valence-corrected chi connectivity index (χ0v) is 17.7. The van der Waals surface area contributed by atoms with Gasteiger partial charge in [0, 0.05) is 13.1 Å². The molecule has 160 valence electrons. The molecule has 2 aromatic rings. The highest BCUT2D eigenvalue weighted by molar-refractivity contribution is 7.89. The number of carbonyl (C=O) groups is 2. The van der Waals surface area contributed by atoms with Crippen molar-refractivity contribution in [2.24, 2.45) is 0 Å². The third kappa shape index (κ3) is 4.97. The second-order valence-electron chi connectivity index (χ2n) is 6.80. The number of hydrogen-bond donors (Lipinski definition) is 1. The first-order valence-corrected chi connectivity index (χ1v) is 11.1. The van der Waals surface area contributed by atoms with E-state index >= 15 is 0 Å². The molecule has 1 fully saturated rings. The Bertz CT molecular complexity index is 1050. The molecule has 1 atom stereocenters. The van der Waals surface area contributed by atoms with E-state index in [1.807, 2.05) is 0 Å². The molecule has 0 radical (unpaired) electrons. The highest BCUT2D eigenvalue weighted by atomic mass is 35.5. The van der Waals surface area contributed by atoms with Gasteiger partial charge in [-0.1, -0.05) is 11.6 Å². The molecule has 1 aliphatic heterocycles. The Morgan fingerprint density at radius 3 is 2.37 bits per heavy atom. The quantitative estimate of drug-likeness (QED) is 0.675. The van der Waals surface area contributed by atoms with Crippen LogP contribution in [0.5, 0.6) is 0 Å². The van der Waals surface area contributed by atoms with E-state index in [0.29, 0.717) is 13.1 Å². The van der Waals surface area contributed by atoms with Crippen molar-refractivity contribution in [1.29, 1.82) is 0 Å². The van der Waals surface area contributed by atoms with Gasteiger partial charge in [0.1, 0.15) is 5.82 Å². The number of esters is 1. The fraction of sp³-hybridized carbons (Fsp3) is 0.300. The van der Waals surface area contributed by atoms with E-state index in [1.165, 1.54) is 41.6 Å². The normalized spacial score (nSPS) is 15.6. The number of nitrogens with zero attached hydrogens (tertiary/aromatic N) is 1. The summed E-state index contributed by atoms with van der Waals surface area (Å²) in [4.78, 5) is 24.6. The zero-order chi connectivity index (χ0) is 21.9. The first-order chi connectivity index (χ1) is 14.2. The highest BCUT2D eigenvalue weighted by Crippen LogP contribution is 2.23. The number of benzene rings is 2. The molecule has 2 aromatic carbocycles. The maximum Gasteiger partial charge on any atom is 0.338 e. The molecule has 10 heteroatoms. The summed E-state index contributed by atoms with van der Waals surface area (Å²) in [6.45, 7) is 2.34. The number of carbonyl (C=O) groups excluding carboxylic acids is 2. The number of anilines is 1. The maximum atomic E-state index is 13.1. The lowest BCUT2D eigenvalue weighted by Gasteiger charge is -2.16. The summed E-state index contributed by atoms with van der Waals surface area (Å²) >= 11 is 5.86. The molecule has 7 nitrogen and oxygen atoms in total. The van der Waals surface area contributed by atoms with Crippen LogP contribution >= 0.6 is 11.6 Å². The van der Waals surface area contributed by atoms with Crippen LogP contribution in [0.2, 0.25) is 5.02 Å². The Morgan fingerprint density at radius 1 is 1.13 bits per heavy atom. The molecular weight excluding hydrogens is 435 g/mol. The van der Waals surface area contributed by atoms with Crippen molar-refractivity contribution in [2.45, 2.75) is 30.8 Å². The van der Waals surface area contributed by atoms with Gasteiger partial charge in [-0.25, -0.2) is 17.6 Å². The molecule has 1 saturated heterocycles. The molecule has 0 bridgehead atoms. The Balaban J connectivity index is 1.63. The monoisotopic (exact) mass is 454 g/mol. The van der Waals surface area contributed by atoms with Crippen molar-refractivity contribution in [3.8, 4) is 0 Å². The van der Waals surface area contributed by atoms with Crippen LogP contribution in [0.4, 0.5) is 10.1 Å². The van der Waals surface area contributed by atoms with Crippen LogP contribution < -0.4 is 5.32 Å². The van der Waals surface area contributed by atoms with Gasteiger partial charge in [0.15, 0.2) is 6.10 Å². The summed E-state index contributed by atoms with van der Waals surface area (Å²) in [6, 6.07) is 8.84. The predicted molar refractivity (Wildman–Crippen MR) is 109 cm³/mol. The average Bonchev–Trinajstić information content (AvgIpc) is 3.26. The molecule has 0 unspecified atom stereocenters. The van der Waals surface area contributed by atoms with Crippen LogP contribution in [0.15, 0.2) is 47.4 Å². The number of nitrogens with one attached hydrogen (secondary N) is 1. The average molecular weight is 455 g/mol. The first kappa shape index (κ1) is 22.2. The summed E-state index contributed by atoms with van der Waals surface area (Å²) in [5, 5.41) is 2.47. The SMILES string of the molecule is C[C@@H](OC(=O)c1ccc(S(=O)(=O)N2CCCC2)cc1)C(=O)Nc1ccc(F)cc1Cl. The summed E-state index contributed by atoms with van der Waals surface area (Å²) in [5.41, 5.74) is 0.289. The minimum Gasteiger partial charge on any atom is -0.449 e. The zero-order valence-electron chi connectivity index (χ0n) is 16.1. The minimum atomic E-state index is -3.58. The third-order valence-corrected chi connectivity index (χ3v) is 6.86. The second kappa shape index (κ2) is 9.11. The Hall–Kier alpha value is -2.49. The second-order valence-corrected chi connectivity index (χ2v) is 9.14. The van der Waals surface area contributed by atoms with E-state index in [-0.39, 0.29) is 21.2 Å². The molecule has 0 aliphatic carbocycles. The molecule has 1 amide bonds.